The van der Waals surface area contributed by atoms with E-state index >= 15 is 0 Å². The van der Waals surface area contributed by atoms with Crippen LogP contribution in [0.25, 0.3) is 6.08 Å². The molecule has 0 aliphatic carbocycles. The average Bonchev–Trinajstić information content (AvgIpc) is 2.93. The molecule has 0 atom stereocenters. The number of nitrogens with zero attached hydrogens (tertiary/aromatic N) is 3. The van der Waals surface area contributed by atoms with E-state index in [2.05, 4.69) is 10.4 Å². The third-order valence-electron chi connectivity index (χ3n) is 3.71. The number of carbonyl (C=O) groups excluding carboxylic acids is 1. The van der Waals surface area contributed by atoms with Gasteiger partial charge in [-0.3, -0.25) is 14.4 Å². The maximum Gasteiger partial charge on any atom is 0.281 e. The van der Waals surface area contributed by atoms with Gasteiger partial charge < -0.3 is 5.32 Å². The molecule has 1 N–H and O–H groups in total. The van der Waals surface area contributed by atoms with Crippen LogP contribution in [0, 0.1) is 13.8 Å². The largest absolute Gasteiger partial charge is 0.327 e. The molecule has 0 bridgehead atoms. The summed E-state index contributed by atoms with van der Waals surface area (Å²) >= 11 is 5.31. The van der Waals surface area contributed by atoms with Gasteiger partial charge in [0, 0.05) is 18.3 Å². The predicted octanol–water partition coefficient (Wildman–Crippen LogP) is 2.30. The molecule has 1 saturated heterocycles. The quantitative estimate of drug-likeness (QED) is 0.683. The zero-order chi connectivity index (χ0) is 15.9. The van der Waals surface area contributed by atoms with Crippen LogP contribution in [0.4, 0.5) is 5.69 Å². The topological polar surface area (TPSA) is 50.2 Å². The number of benzene rings is 1. The molecule has 112 valence electrons. The van der Waals surface area contributed by atoms with Gasteiger partial charge in [-0.2, -0.15) is 5.10 Å². The monoisotopic (exact) mass is 312 g/mol. The van der Waals surface area contributed by atoms with Gasteiger partial charge in [0.2, 0.25) is 0 Å². The minimum absolute atomic E-state index is 0.154. The van der Waals surface area contributed by atoms with Crippen LogP contribution in [0.15, 0.2) is 36.2 Å². The fourth-order valence-electron chi connectivity index (χ4n) is 2.35. The van der Waals surface area contributed by atoms with E-state index in [1.165, 1.54) is 4.90 Å². The highest BCUT2D eigenvalue weighted by Gasteiger charge is 2.32. The van der Waals surface area contributed by atoms with Crippen molar-refractivity contribution in [3.05, 3.63) is 53.0 Å². The highest BCUT2D eigenvalue weighted by Crippen LogP contribution is 2.23. The Bertz CT molecular complexity index is 806. The number of nitrogens with one attached hydrogen (secondary N) is 1. The number of rotatable bonds is 2. The second-order valence-corrected chi connectivity index (χ2v) is 5.66. The van der Waals surface area contributed by atoms with Crippen molar-refractivity contribution in [2.45, 2.75) is 13.8 Å². The molecule has 2 aromatic rings. The van der Waals surface area contributed by atoms with Crippen molar-refractivity contribution in [2.24, 2.45) is 7.05 Å². The van der Waals surface area contributed by atoms with Crippen LogP contribution < -0.4 is 10.2 Å². The molecule has 1 fully saturated rings. The lowest BCUT2D eigenvalue weighted by atomic mass is 10.2. The summed E-state index contributed by atoms with van der Waals surface area (Å²) < 4.78 is 1.77. The first-order valence-corrected chi connectivity index (χ1v) is 7.30. The SMILES string of the molecule is Cc1cccc(N2C(=O)/C(=C\c3cnn(C)c3C)NC2=S)c1. The van der Waals surface area contributed by atoms with Gasteiger partial charge >= 0.3 is 0 Å². The Morgan fingerprint density at radius 3 is 2.73 bits per heavy atom. The third kappa shape index (κ3) is 2.42. The van der Waals surface area contributed by atoms with E-state index in [1.54, 1.807) is 17.0 Å². The van der Waals surface area contributed by atoms with Crippen LogP contribution >= 0.6 is 12.2 Å². The molecule has 1 aromatic carbocycles. The molecule has 0 spiro atoms. The standard InChI is InChI=1S/C16H16N4OS/c1-10-5-4-6-13(7-10)20-15(21)14(18-16(20)22)8-12-9-17-19(3)11(12)2/h4-9H,1-3H3,(H,18,22)/b14-8+. The Kier molecular flexibility index (Phi) is 3.54. The van der Waals surface area contributed by atoms with E-state index in [9.17, 15) is 4.79 Å². The predicted molar refractivity (Wildman–Crippen MR) is 90.3 cm³/mol. The maximum atomic E-state index is 12.6. The van der Waals surface area contributed by atoms with Gasteiger partial charge in [-0.15, -0.1) is 0 Å². The van der Waals surface area contributed by atoms with Crippen LogP contribution in [-0.4, -0.2) is 20.8 Å². The molecule has 3 rings (SSSR count). The van der Waals surface area contributed by atoms with E-state index in [4.69, 9.17) is 12.2 Å². The summed E-state index contributed by atoms with van der Waals surface area (Å²) in [6.07, 6.45) is 3.52. The number of hydrogen-bond acceptors (Lipinski definition) is 3. The number of aromatic nitrogens is 2. The van der Waals surface area contributed by atoms with E-state index in [0.717, 1.165) is 22.5 Å². The van der Waals surface area contributed by atoms with E-state index < -0.39 is 0 Å². The smallest absolute Gasteiger partial charge is 0.281 e. The summed E-state index contributed by atoms with van der Waals surface area (Å²) in [6, 6.07) is 7.70. The maximum absolute atomic E-state index is 12.6. The number of carbonyl (C=O) groups is 1. The average molecular weight is 312 g/mol. The number of amides is 1. The van der Waals surface area contributed by atoms with Gasteiger partial charge in [0.05, 0.1) is 11.9 Å². The molecule has 1 aromatic heterocycles. The molecule has 5 nitrogen and oxygen atoms in total. The molecular formula is C16H16N4OS. The van der Waals surface area contributed by atoms with Crippen molar-refractivity contribution in [3.63, 3.8) is 0 Å². The third-order valence-corrected chi connectivity index (χ3v) is 4.00. The summed E-state index contributed by atoms with van der Waals surface area (Å²) in [7, 11) is 1.87. The molecule has 1 amide bonds. The van der Waals surface area contributed by atoms with E-state index in [0.29, 0.717) is 10.8 Å². The van der Waals surface area contributed by atoms with Gasteiger partial charge in [-0.1, -0.05) is 12.1 Å². The molecule has 2 heterocycles. The van der Waals surface area contributed by atoms with Crippen molar-refractivity contribution in [3.8, 4) is 0 Å². The first kappa shape index (κ1) is 14.5. The van der Waals surface area contributed by atoms with E-state index in [-0.39, 0.29) is 5.91 Å². The lowest BCUT2D eigenvalue weighted by Crippen LogP contribution is -2.30. The van der Waals surface area contributed by atoms with Gasteiger partial charge in [-0.05, 0) is 49.8 Å². The summed E-state index contributed by atoms with van der Waals surface area (Å²) in [5.41, 5.74) is 4.19. The number of anilines is 1. The van der Waals surface area contributed by atoms with Crippen LogP contribution in [-0.2, 0) is 11.8 Å². The molecular weight excluding hydrogens is 296 g/mol. The molecule has 0 unspecified atom stereocenters. The van der Waals surface area contributed by atoms with Crippen LogP contribution in [0.2, 0.25) is 0 Å². The Hall–Kier alpha value is -2.47. The van der Waals surface area contributed by atoms with Gasteiger partial charge in [-0.25, -0.2) is 0 Å². The first-order chi connectivity index (χ1) is 10.5. The summed E-state index contributed by atoms with van der Waals surface area (Å²) in [4.78, 5) is 14.1. The van der Waals surface area contributed by atoms with Crippen molar-refractivity contribution in [2.75, 3.05) is 4.90 Å². The first-order valence-electron chi connectivity index (χ1n) is 6.90. The Balaban J connectivity index is 1.96. The molecule has 1 aliphatic rings. The Morgan fingerprint density at radius 2 is 2.09 bits per heavy atom. The lowest BCUT2D eigenvalue weighted by molar-refractivity contribution is -0.113. The van der Waals surface area contributed by atoms with E-state index in [1.807, 2.05) is 45.2 Å². The fraction of sp³-hybridized carbons (Fsp3) is 0.188. The minimum atomic E-state index is -0.154. The zero-order valence-corrected chi connectivity index (χ0v) is 13.4. The zero-order valence-electron chi connectivity index (χ0n) is 12.6. The number of hydrogen-bond donors (Lipinski definition) is 1. The Labute approximate surface area is 134 Å². The lowest BCUT2D eigenvalue weighted by Gasteiger charge is -2.14. The molecule has 0 radical (unpaired) electrons. The fourth-order valence-corrected chi connectivity index (χ4v) is 2.65. The summed E-state index contributed by atoms with van der Waals surface area (Å²) in [5.74, 6) is -0.154. The van der Waals surface area contributed by atoms with Gasteiger partial charge in [0.25, 0.3) is 5.91 Å². The van der Waals surface area contributed by atoms with Crippen molar-refractivity contribution in [1.29, 1.82) is 0 Å². The highest BCUT2D eigenvalue weighted by atomic mass is 32.1. The van der Waals surface area contributed by atoms with Crippen molar-refractivity contribution in [1.82, 2.24) is 15.1 Å². The van der Waals surface area contributed by atoms with Crippen molar-refractivity contribution >= 4 is 35.0 Å². The summed E-state index contributed by atoms with van der Waals surface area (Å²) in [5, 5.41) is 7.56. The highest BCUT2D eigenvalue weighted by molar-refractivity contribution is 7.80. The minimum Gasteiger partial charge on any atom is -0.327 e. The normalized spacial score (nSPS) is 16.5. The molecule has 6 heteroatoms. The van der Waals surface area contributed by atoms with Crippen molar-refractivity contribution < 1.29 is 4.79 Å². The van der Waals surface area contributed by atoms with Crippen LogP contribution in [0.1, 0.15) is 16.8 Å². The molecule has 22 heavy (non-hydrogen) atoms. The van der Waals surface area contributed by atoms with Crippen LogP contribution in [0.3, 0.4) is 0 Å². The second kappa shape index (κ2) is 5.38. The molecule has 0 saturated carbocycles. The van der Waals surface area contributed by atoms with Gasteiger partial charge in [0.1, 0.15) is 5.70 Å². The van der Waals surface area contributed by atoms with Gasteiger partial charge in [0.15, 0.2) is 5.11 Å². The van der Waals surface area contributed by atoms with Crippen LogP contribution in [0.5, 0.6) is 0 Å². The Morgan fingerprint density at radius 1 is 1.32 bits per heavy atom. The number of aryl methyl sites for hydroxylation is 2. The second-order valence-electron chi connectivity index (χ2n) is 5.28. The summed E-state index contributed by atoms with van der Waals surface area (Å²) in [6.45, 7) is 3.94. The molecule has 1 aliphatic heterocycles. The number of thiocarbonyl (C=S) groups is 1.